The average molecular weight is 212 g/mol. The van der Waals surface area contributed by atoms with E-state index in [4.69, 9.17) is 16.9 Å². The van der Waals surface area contributed by atoms with E-state index in [1.54, 1.807) is 6.07 Å². The summed E-state index contributed by atoms with van der Waals surface area (Å²) in [6.07, 6.45) is 3.16. The standard InChI is InChI=1S/C9H10ClN3O/c1-2-3-4-13-9(14)7(5-11)8(10)6-12-13/h6H,2-4H2,1H3. The predicted octanol–water partition coefficient (Wildman–Crippen LogP) is 1.57. The number of aryl methyl sites for hydroxylation is 1. The quantitative estimate of drug-likeness (QED) is 0.763. The van der Waals surface area contributed by atoms with Crippen LogP contribution in [0.4, 0.5) is 0 Å². The molecule has 0 aliphatic rings. The first-order chi connectivity index (χ1) is 6.70. The van der Waals surface area contributed by atoms with Gasteiger partial charge in [-0.1, -0.05) is 24.9 Å². The summed E-state index contributed by atoms with van der Waals surface area (Å²) in [5.41, 5.74) is -0.439. The van der Waals surface area contributed by atoms with Gasteiger partial charge in [-0.15, -0.1) is 0 Å². The van der Waals surface area contributed by atoms with Gasteiger partial charge in [-0.2, -0.15) is 10.4 Å². The van der Waals surface area contributed by atoms with E-state index in [2.05, 4.69) is 5.10 Å². The molecule has 0 aliphatic carbocycles. The maximum Gasteiger partial charge on any atom is 0.286 e. The van der Waals surface area contributed by atoms with Gasteiger partial charge in [0.25, 0.3) is 5.56 Å². The topological polar surface area (TPSA) is 58.7 Å². The van der Waals surface area contributed by atoms with Crippen molar-refractivity contribution >= 4 is 11.6 Å². The Hall–Kier alpha value is -1.34. The summed E-state index contributed by atoms with van der Waals surface area (Å²) in [4.78, 5) is 11.5. The maximum absolute atomic E-state index is 11.5. The predicted molar refractivity (Wildman–Crippen MR) is 53.1 cm³/mol. The van der Waals surface area contributed by atoms with Gasteiger partial charge in [-0.3, -0.25) is 4.79 Å². The first-order valence-corrected chi connectivity index (χ1v) is 4.74. The van der Waals surface area contributed by atoms with E-state index in [1.165, 1.54) is 10.9 Å². The number of halogens is 1. The third-order valence-electron chi connectivity index (χ3n) is 1.83. The van der Waals surface area contributed by atoms with Crippen molar-refractivity contribution in [2.24, 2.45) is 0 Å². The maximum atomic E-state index is 11.5. The van der Waals surface area contributed by atoms with Gasteiger partial charge < -0.3 is 0 Å². The molecule has 74 valence electrons. The van der Waals surface area contributed by atoms with Gasteiger partial charge in [0.05, 0.1) is 11.2 Å². The van der Waals surface area contributed by atoms with Crippen LogP contribution in [0.5, 0.6) is 0 Å². The first-order valence-electron chi connectivity index (χ1n) is 4.36. The van der Waals surface area contributed by atoms with Gasteiger partial charge in [0.15, 0.2) is 0 Å². The van der Waals surface area contributed by atoms with Gasteiger partial charge in [0.1, 0.15) is 11.6 Å². The average Bonchev–Trinajstić information content (AvgIpc) is 2.18. The lowest BCUT2D eigenvalue weighted by Gasteiger charge is -2.03. The van der Waals surface area contributed by atoms with Gasteiger partial charge >= 0.3 is 0 Å². The number of nitrogens with zero attached hydrogens (tertiary/aromatic N) is 3. The zero-order chi connectivity index (χ0) is 10.6. The fraction of sp³-hybridized carbons (Fsp3) is 0.444. The molecule has 1 rings (SSSR count). The lowest BCUT2D eigenvalue weighted by molar-refractivity contribution is 0.541. The minimum Gasteiger partial charge on any atom is -0.266 e. The second kappa shape index (κ2) is 4.77. The third-order valence-corrected chi connectivity index (χ3v) is 2.12. The van der Waals surface area contributed by atoms with E-state index < -0.39 is 5.56 Å². The molecular weight excluding hydrogens is 202 g/mol. The molecule has 0 bridgehead atoms. The Morgan fingerprint density at radius 2 is 2.43 bits per heavy atom. The third kappa shape index (κ3) is 2.12. The van der Waals surface area contributed by atoms with Crippen molar-refractivity contribution < 1.29 is 0 Å². The number of unbranched alkanes of at least 4 members (excludes halogenated alkanes) is 1. The van der Waals surface area contributed by atoms with Crippen molar-refractivity contribution in [1.82, 2.24) is 9.78 Å². The summed E-state index contributed by atoms with van der Waals surface area (Å²) in [5, 5.41) is 12.6. The molecule has 14 heavy (non-hydrogen) atoms. The summed E-state index contributed by atoms with van der Waals surface area (Å²) >= 11 is 5.64. The van der Waals surface area contributed by atoms with E-state index in [0.29, 0.717) is 6.54 Å². The summed E-state index contributed by atoms with van der Waals surface area (Å²) in [6, 6.07) is 1.78. The fourth-order valence-corrected chi connectivity index (χ4v) is 1.20. The van der Waals surface area contributed by atoms with Crippen molar-refractivity contribution in [3.05, 3.63) is 27.1 Å². The summed E-state index contributed by atoms with van der Waals surface area (Å²) in [5.74, 6) is 0. The Bertz CT molecular complexity index is 419. The lowest BCUT2D eigenvalue weighted by Crippen LogP contribution is -2.25. The molecule has 0 saturated carbocycles. The zero-order valence-corrected chi connectivity index (χ0v) is 8.58. The molecule has 0 spiro atoms. The Morgan fingerprint density at radius 3 is 3.00 bits per heavy atom. The van der Waals surface area contributed by atoms with Crippen LogP contribution >= 0.6 is 11.6 Å². The first kappa shape index (κ1) is 10.7. The van der Waals surface area contributed by atoms with Gasteiger partial charge in [-0.25, -0.2) is 4.68 Å². The van der Waals surface area contributed by atoms with Crippen molar-refractivity contribution in [3.8, 4) is 6.07 Å². The van der Waals surface area contributed by atoms with Crippen molar-refractivity contribution in [2.75, 3.05) is 0 Å². The highest BCUT2D eigenvalue weighted by Gasteiger charge is 2.08. The molecule has 0 fully saturated rings. The van der Waals surface area contributed by atoms with E-state index in [9.17, 15) is 4.79 Å². The van der Waals surface area contributed by atoms with E-state index >= 15 is 0 Å². The molecule has 0 atom stereocenters. The van der Waals surface area contributed by atoms with Crippen LogP contribution in [0.2, 0.25) is 5.02 Å². The number of rotatable bonds is 3. The Kier molecular flexibility index (Phi) is 3.66. The van der Waals surface area contributed by atoms with Crippen LogP contribution in [0.1, 0.15) is 25.3 Å². The zero-order valence-electron chi connectivity index (χ0n) is 7.83. The molecular formula is C9H10ClN3O. The summed E-state index contributed by atoms with van der Waals surface area (Å²) in [6.45, 7) is 2.55. The van der Waals surface area contributed by atoms with E-state index in [0.717, 1.165) is 12.8 Å². The van der Waals surface area contributed by atoms with Gasteiger partial charge in [-0.05, 0) is 6.42 Å². The number of nitriles is 1. The summed E-state index contributed by atoms with van der Waals surface area (Å²) < 4.78 is 1.27. The fourth-order valence-electron chi connectivity index (χ4n) is 1.04. The Morgan fingerprint density at radius 1 is 1.71 bits per heavy atom. The van der Waals surface area contributed by atoms with Crippen LogP contribution in [-0.2, 0) is 6.54 Å². The highest BCUT2D eigenvalue weighted by Crippen LogP contribution is 2.07. The molecule has 1 aromatic heterocycles. The van der Waals surface area contributed by atoms with Crippen molar-refractivity contribution in [1.29, 1.82) is 5.26 Å². The molecule has 1 aromatic rings. The molecule has 1 heterocycles. The summed E-state index contributed by atoms with van der Waals surface area (Å²) in [7, 11) is 0. The van der Waals surface area contributed by atoms with Crippen LogP contribution < -0.4 is 5.56 Å². The lowest BCUT2D eigenvalue weighted by atomic mass is 10.3. The van der Waals surface area contributed by atoms with Crippen LogP contribution in [0, 0.1) is 11.3 Å². The molecule has 5 heteroatoms. The van der Waals surface area contributed by atoms with Crippen molar-refractivity contribution in [2.45, 2.75) is 26.3 Å². The van der Waals surface area contributed by atoms with Crippen LogP contribution in [0.25, 0.3) is 0 Å². The second-order valence-electron chi connectivity index (χ2n) is 2.86. The molecule has 4 nitrogen and oxygen atoms in total. The van der Waals surface area contributed by atoms with Gasteiger partial charge in [0.2, 0.25) is 0 Å². The van der Waals surface area contributed by atoms with E-state index in [-0.39, 0.29) is 10.6 Å². The van der Waals surface area contributed by atoms with Crippen LogP contribution in [-0.4, -0.2) is 9.78 Å². The number of aromatic nitrogens is 2. The van der Waals surface area contributed by atoms with Crippen LogP contribution in [0.15, 0.2) is 11.0 Å². The minimum atomic E-state index is -0.409. The smallest absolute Gasteiger partial charge is 0.266 e. The molecule has 0 aromatic carbocycles. The van der Waals surface area contributed by atoms with Gasteiger partial charge in [0, 0.05) is 6.54 Å². The number of hydrogen-bond donors (Lipinski definition) is 0. The molecule has 0 aliphatic heterocycles. The largest absolute Gasteiger partial charge is 0.286 e. The molecule has 0 N–H and O–H groups in total. The Labute approximate surface area is 86.7 Å². The Balaban J connectivity index is 3.11. The van der Waals surface area contributed by atoms with E-state index in [1.807, 2.05) is 6.92 Å². The number of hydrogen-bond acceptors (Lipinski definition) is 3. The monoisotopic (exact) mass is 211 g/mol. The molecule has 0 radical (unpaired) electrons. The minimum absolute atomic E-state index is 0.0298. The molecule has 0 unspecified atom stereocenters. The van der Waals surface area contributed by atoms with Crippen molar-refractivity contribution in [3.63, 3.8) is 0 Å². The van der Waals surface area contributed by atoms with Crippen LogP contribution in [0.3, 0.4) is 0 Å². The second-order valence-corrected chi connectivity index (χ2v) is 3.27. The highest BCUT2D eigenvalue weighted by atomic mass is 35.5. The highest BCUT2D eigenvalue weighted by molar-refractivity contribution is 6.31. The molecule has 0 saturated heterocycles. The normalized spacial score (nSPS) is 9.79. The SMILES string of the molecule is CCCCn1ncc(Cl)c(C#N)c1=O. The molecule has 0 amide bonds.